The first-order valence-electron chi connectivity index (χ1n) is 22.3. The molecule has 2 heterocycles. The van der Waals surface area contributed by atoms with E-state index in [2.05, 4.69) is 36.9 Å². The fraction of sp³-hybridized carbons (Fsp3) is 0.643. The second kappa shape index (κ2) is 31.9. The first-order valence-corrected chi connectivity index (χ1v) is 23.1. The maximum absolute atomic E-state index is 13.5. The summed E-state index contributed by atoms with van der Waals surface area (Å²) in [5.74, 6) is -9.44. The lowest BCUT2D eigenvalue weighted by molar-refractivity contribution is -0.145. The van der Waals surface area contributed by atoms with Gasteiger partial charge >= 0.3 is 47.8 Å². The first-order chi connectivity index (χ1) is 32.6. The number of nitrogens with one attached hydrogen (secondary N) is 3. The zero-order valence-corrected chi connectivity index (χ0v) is 39.8. The van der Waals surface area contributed by atoms with Crippen molar-refractivity contribution in [2.45, 2.75) is 88.9 Å². The van der Waals surface area contributed by atoms with Gasteiger partial charge in [-0.05, 0) is 72.5 Å². The summed E-state index contributed by atoms with van der Waals surface area (Å²) in [5.41, 5.74) is 0.711. The molecule has 0 saturated carbocycles. The van der Waals surface area contributed by atoms with Gasteiger partial charge in [0.25, 0.3) is 0 Å². The third-order valence-corrected chi connectivity index (χ3v) is 11.5. The van der Waals surface area contributed by atoms with E-state index in [-0.39, 0.29) is 130 Å². The number of unbranched alkanes of at least 4 members (excludes halogenated alkanes) is 2. The van der Waals surface area contributed by atoms with E-state index in [0.29, 0.717) is 29.4 Å². The normalized spacial score (nSPS) is 15.8. The number of carboxylic acid groups (broad SMARTS) is 7. The monoisotopic (exact) mass is 1050 g/mol. The van der Waals surface area contributed by atoms with E-state index in [0.717, 1.165) is 0 Å². The van der Waals surface area contributed by atoms with Gasteiger partial charge < -0.3 is 56.6 Å². The Hall–Kier alpha value is -6.03. The van der Waals surface area contributed by atoms with Gasteiger partial charge in [-0.2, -0.15) is 0 Å². The molecule has 0 bridgehead atoms. The van der Waals surface area contributed by atoms with Crippen LogP contribution >= 0.6 is 15.9 Å². The summed E-state index contributed by atoms with van der Waals surface area (Å²) >= 11 is 3.27. The number of aliphatic carboxylic acids is 7. The summed E-state index contributed by atoms with van der Waals surface area (Å²) in [6.45, 7) is 0.372. The topological polar surface area (TPSA) is 377 Å². The molecular weight excluding hydrogens is 982 g/mol. The van der Waals surface area contributed by atoms with Gasteiger partial charge in [0, 0.05) is 97.5 Å². The molecule has 0 radical (unpaired) electrons. The van der Waals surface area contributed by atoms with E-state index in [1.54, 1.807) is 42.8 Å². The van der Waals surface area contributed by atoms with Crippen LogP contribution < -0.4 is 16.0 Å². The van der Waals surface area contributed by atoms with Crippen LogP contribution in [0.2, 0.25) is 0 Å². The minimum Gasteiger partial charge on any atom is -0.481 e. The van der Waals surface area contributed by atoms with Gasteiger partial charge in [-0.15, -0.1) is 0 Å². The van der Waals surface area contributed by atoms with E-state index in [1.165, 1.54) is 0 Å². The Morgan fingerprint density at radius 3 is 1.58 bits per heavy atom. The number of amides is 4. The molecule has 1 fully saturated rings. The minimum absolute atomic E-state index is 0.0587. The molecule has 1 unspecified atom stereocenters. The lowest BCUT2D eigenvalue weighted by atomic mass is 10.1. The van der Waals surface area contributed by atoms with Crippen molar-refractivity contribution in [1.82, 2.24) is 45.4 Å². The molecule has 2 rings (SSSR count). The van der Waals surface area contributed by atoms with Crippen molar-refractivity contribution in [2.24, 2.45) is 0 Å². The maximum atomic E-state index is 13.5. The van der Waals surface area contributed by atoms with Crippen LogP contribution in [-0.2, 0) is 49.7 Å². The predicted molar refractivity (Wildman–Crippen MR) is 244 cm³/mol. The Balaban J connectivity index is 1.99. The third-order valence-electron chi connectivity index (χ3n) is 11.0. The van der Waals surface area contributed by atoms with Crippen LogP contribution in [0.25, 0.3) is 0 Å². The van der Waals surface area contributed by atoms with Gasteiger partial charge in [0.15, 0.2) is 0 Å². The second-order valence-electron chi connectivity index (χ2n) is 16.4. The smallest absolute Gasteiger partial charge is 0.326 e. The van der Waals surface area contributed by atoms with Crippen molar-refractivity contribution >= 4 is 75.6 Å². The molecule has 0 spiro atoms. The molecule has 0 aliphatic carbocycles. The van der Waals surface area contributed by atoms with Gasteiger partial charge in [0.2, 0.25) is 11.8 Å². The van der Waals surface area contributed by atoms with Gasteiger partial charge in [0.05, 0.1) is 19.6 Å². The number of aromatic nitrogens is 1. The Labute approximate surface area is 406 Å². The Morgan fingerprint density at radius 1 is 0.594 bits per heavy atom. The maximum Gasteiger partial charge on any atom is 0.326 e. The molecule has 1 aromatic rings. The summed E-state index contributed by atoms with van der Waals surface area (Å²) < 4.78 is 0.578. The molecule has 1 aliphatic heterocycles. The first kappa shape index (κ1) is 59.1. The minimum atomic E-state index is -1.56. The summed E-state index contributed by atoms with van der Waals surface area (Å²) in [6.07, 6.45) is 1.61. The molecule has 27 heteroatoms. The van der Waals surface area contributed by atoms with Gasteiger partial charge in [-0.3, -0.25) is 53.2 Å². The van der Waals surface area contributed by atoms with Crippen LogP contribution in [0.5, 0.6) is 0 Å². The Morgan fingerprint density at radius 2 is 1.12 bits per heavy atom. The number of rotatable bonds is 30. The predicted octanol–water partition coefficient (Wildman–Crippen LogP) is -0.591. The zero-order chi connectivity index (χ0) is 51.5. The van der Waals surface area contributed by atoms with Gasteiger partial charge in [-0.1, -0.05) is 6.07 Å². The van der Waals surface area contributed by atoms with E-state index < -0.39 is 84.7 Å². The number of nitrogens with zero attached hydrogens (tertiary/aromatic N) is 6. The van der Waals surface area contributed by atoms with Gasteiger partial charge in [-0.25, -0.2) is 19.4 Å². The molecule has 1 saturated heterocycles. The molecular formula is C42H64BrN9O17. The number of carbonyl (C=O) groups excluding carboxylic acids is 3. The summed E-state index contributed by atoms with van der Waals surface area (Å²) in [7, 11) is 0. The number of carbonyl (C=O) groups is 10. The lowest BCUT2D eigenvalue weighted by Crippen LogP contribution is -2.52. The van der Waals surface area contributed by atoms with Crippen LogP contribution in [0.15, 0.2) is 22.9 Å². The highest BCUT2D eigenvalue weighted by atomic mass is 79.9. The molecule has 26 nitrogen and oxygen atoms in total. The summed E-state index contributed by atoms with van der Waals surface area (Å²) in [4.78, 5) is 132. The van der Waals surface area contributed by atoms with Crippen molar-refractivity contribution in [2.75, 3.05) is 85.1 Å². The van der Waals surface area contributed by atoms with E-state index in [9.17, 15) is 78.6 Å². The van der Waals surface area contributed by atoms with Crippen LogP contribution in [-0.4, -0.2) is 228 Å². The Kier molecular flexibility index (Phi) is 27.3. The lowest BCUT2D eigenvalue weighted by Gasteiger charge is -2.35. The Bertz CT molecular complexity index is 1860. The van der Waals surface area contributed by atoms with Crippen LogP contribution in [0, 0.1) is 0 Å². The number of hydrogen-bond donors (Lipinski definition) is 10. The fourth-order valence-electron chi connectivity index (χ4n) is 7.32. The van der Waals surface area contributed by atoms with E-state index in [4.69, 9.17) is 5.11 Å². The average molecular weight is 1050 g/mol. The number of pyridine rings is 1. The number of hydrogen-bond acceptors (Lipinski definition) is 15. The number of halogens is 1. The van der Waals surface area contributed by atoms with Crippen LogP contribution in [0.4, 0.5) is 4.79 Å². The van der Waals surface area contributed by atoms with Crippen molar-refractivity contribution in [3.05, 3.63) is 28.5 Å². The fourth-order valence-corrected chi connectivity index (χ4v) is 7.56. The molecule has 0 aromatic carbocycles. The van der Waals surface area contributed by atoms with E-state index >= 15 is 0 Å². The van der Waals surface area contributed by atoms with E-state index in [1.807, 2.05) is 0 Å². The summed E-state index contributed by atoms with van der Waals surface area (Å²) in [5, 5.41) is 73.5. The molecule has 4 amide bonds. The highest BCUT2D eigenvalue weighted by Crippen LogP contribution is 2.14. The van der Waals surface area contributed by atoms with Crippen molar-refractivity contribution in [3.8, 4) is 0 Å². The molecule has 10 N–H and O–H groups in total. The summed E-state index contributed by atoms with van der Waals surface area (Å²) in [6, 6.07) is -1.79. The highest BCUT2D eigenvalue weighted by molar-refractivity contribution is 9.10. The highest BCUT2D eigenvalue weighted by Gasteiger charge is 2.29. The number of urea groups is 1. The standard InChI is InChI=1S/C42H64BrN9O17/c43-32-10-7-28(23-45-32)24-52(14-4-2-5-29(39(63)64)46-42(69)47-30(40(65)66)8-12-35(55)56)34(54)6-1-3-13-44-33(53)11-9-31(41(67)68)51-21-19-49(26-37(59)60)17-15-48(25-36(57)58)16-18-50(20-22-51)27-38(61)62/h7,10,23,29-31H,1-6,8-9,11-22,24-27H2,(H,44,53)(H,55,56)(H,57,58)(H,59,60)(H,61,62)(H,63,64)(H,65,66)(H,67,68)(H2,46,47,69)/t29-,30-,31?/m0/s1. The quantitative estimate of drug-likeness (QED) is 0.0340. The van der Waals surface area contributed by atoms with Crippen LogP contribution in [0.1, 0.15) is 69.8 Å². The third kappa shape index (κ3) is 25.8. The zero-order valence-electron chi connectivity index (χ0n) is 38.2. The second-order valence-corrected chi connectivity index (χ2v) is 17.2. The molecule has 1 aliphatic rings. The van der Waals surface area contributed by atoms with Crippen molar-refractivity contribution < 1.29 is 83.7 Å². The molecule has 69 heavy (non-hydrogen) atoms. The van der Waals surface area contributed by atoms with Crippen molar-refractivity contribution in [1.29, 1.82) is 0 Å². The SMILES string of the molecule is O=C(O)CC[C@H](NC(=O)N[C@@H](CCCCN(Cc1ccc(Br)nc1)C(=O)CCCCNC(=O)CCC(C(=O)O)N1CCN(CC(=O)O)CCN(CC(=O)O)CCN(CC(=O)O)CC1)C(=O)O)C(=O)O. The van der Waals surface area contributed by atoms with Crippen molar-refractivity contribution in [3.63, 3.8) is 0 Å². The van der Waals surface area contributed by atoms with Gasteiger partial charge in [0.1, 0.15) is 22.7 Å². The molecule has 1 aromatic heterocycles. The average Bonchev–Trinajstić information content (AvgIpc) is 3.25. The molecule has 3 atom stereocenters. The van der Waals surface area contributed by atoms with Crippen LogP contribution in [0.3, 0.4) is 0 Å². The number of carboxylic acids is 7. The molecule has 386 valence electrons. The largest absolute Gasteiger partial charge is 0.481 e.